The highest BCUT2D eigenvalue weighted by molar-refractivity contribution is 5.79. The van der Waals surface area contributed by atoms with Gasteiger partial charge in [-0.05, 0) is 56.8 Å². The predicted molar refractivity (Wildman–Crippen MR) is 123 cm³/mol. The van der Waals surface area contributed by atoms with Crippen LogP contribution in [0.2, 0.25) is 0 Å². The van der Waals surface area contributed by atoms with Crippen molar-refractivity contribution < 1.29 is 9.84 Å². The normalized spacial score (nSPS) is 23.3. The number of guanidine groups is 1. The number of rotatable bonds is 9. The van der Waals surface area contributed by atoms with E-state index in [1.165, 1.54) is 49.9 Å². The van der Waals surface area contributed by atoms with E-state index in [4.69, 9.17) is 9.73 Å². The Hall–Kier alpha value is -1.63. The van der Waals surface area contributed by atoms with E-state index in [1.54, 1.807) is 0 Å². The first-order valence-corrected chi connectivity index (χ1v) is 11.7. The SMILES string of the molecule is CCNC(=NCc1cccc(CN2CCCCCC2)c1)NCC1(CCO)CCOC1. The zero-order valence-electron chi connectivity index (χ0n) is 18.7. The molecule has 2 aliphatic heterocycles. The van der Waals surface area contributed by atoms with Gasteiger partial charge < -0.3 is 20.5 Å². The maximum atomic E-state index is 9.44. The molecule has 168 valence electrons. The molecule has 0 amide bonds. The molecule has 0 aromatic heterocycles. The zero-order chi connectivity index (χ0) is 21.1. The molecule has 0 saturated carbocycles. The second-order valence-corrected chi connectivity index (χ2v) is 8.84. The minimum Gasteiger partial charge on any atom is -0.396 e. The number of benzene rings is 1. The molecule has 0 spiro atoms. The molecular formula is C24H40N4O2. The van der Waals surface area contributed by atoms with Crippen LogP contribution in [0.5, 0.6) is 0 Å². The van der Waals surface area contributed by atoms with Gasteiger partial charge in [0.25, 0.3) is 0 Å². The van der Waals surface area contributed by atoms with E-state index >= 15 is 0 Å². The molecule has 3 N–H and O–H groups in total. The van der Waals surface area contributed by atoms with Gasteiger partial charge >= 0.3 is 0 Å². The minimum atomic E-state index is 0.0119. The highest BCUT2D eigenvalue weighted by atomic mass is 16.5. The van der Waals surface area contributed by atoms with Gasteiger partial charge in [0.05, 0.1) is 13.2 Å². The van der Waals surface area contributed by atoms with E-state index in [1.807, 2.05) is 0 Å². The largest absolute Gasteiger partial charge is 0.396 e. The fourth-order valence-electron chi connectivity index (χ4n) is 4.47. The third-order valence-corrected chi connectivity index (χ3v) is 6.32. The number of aliphatic hydroxyl groups is 1. The number of hydrogen-bond acceptors (Lipinski definition) is 4. The van der Waals surface area contributed by atoms with Crippen LogP contribution in [-0.4, -0.2) is 62.0 Å². The van der Waals surface area contributed by atoms with Crippen LogP contribution in [0, 0.1) is 5.41 Å². The first-order valence-electron chi connectivity index (χ1n) is 11.7. The highest BCUT2D eigenvalue weighted by Gasteiger charge is 2.34. The molecule has 6 nitrogen and oxygen atoms in total. The van der Waals surface area contributed by atoms with Gasteiger partial charge in [0, 0.05) is 38.3 Å². The molecule has 1 unspecified atom stereocenters. The summed E-state index contributed by atoms with van der Waals surface area (Å²) in [5.74, 6) is 0.833. The Labute approximate surface area is 182 Å². The van der Waals surface area contributed by atoms with Crippen molar-refractivity contribution in [2.24, 2.45) is 10.4 Å². The first-order chi connectivity index (χ1) is 14.7. The average molecular weight is 417 g/mol. The fraction of sp³-hybridized carbons (Fsp3) is 0.708. The van der Waals surface area contributed by atoms with Crippen LogP contribution in [0.4, 0.5) is 0 Å². The number of hydrogen-bond donors (Lipinski definition) is 3. The lowest BCUT2D eigenvalue weighted by atomic mass is 9.84. The van der Waals surface area contributed by atoms with E-state index in [-0.39, 0.29) is 12.0 Å². The Morgan fingerprint density at radius 1 is 1.17 bits per heavy atom. The molecule has 3 rings (SSSR count). The van der Waals surface area contributed by atoms with Crippen LogP contribution in [0.15, 0.2) is 29.3 Å². The van der Waals surface area contributed by atoms with Crippen LogP contribution in [0.25, 0.3) is 0 Å². The van der Waals surface area contributed by atoms with Crippen molar-refractivity contribution in [3.8, 4) is 0 Å². The van der Waals surface area contributed by atoms with Crippen LogP contribution in [-0.2, 0) is 17.8 Å². The smallest absolute Gasteiger partial charge is 0.191 e. The molecule has 0 bridgehead atoms. The standard InChI is InChI=1S/C24H40N4O2/c1-2-25-23(27-19-24(10-14-29)11-15-30-20-24)26-17-21-8-7-9-22(16-21)18-28-12-5-3-4-6-13-28/h7-9,16,29H,2-6,10-15,17-20H2,1H3,(H2,25,26,27). The fourth-order valence-corrected chi connectivity index (χ4v) is 4.47. The van der Waals surface area contributed by atoms with Crippen molar-refractivity contribution >= 4 is 5.96 Å². The maximum Gasteiger partial charge on any atom is 0.191 e. The number of nitrogens with one attached hydrogen (secondary N) is 2. The van der Waals surface area contributed by atoms with Gasteiger partial charge in [-0.1, -0.05) is 37.1 Å². The van der Waals surface area contributed by atoms with Crippen molar-refractivity contribution in [1.82, 2.24) is 15.5 Å². The van der Waals surface area contributed by atoms with Crippen molar-refractivity contribution in [3.05, 3.63) is 35.4 Å². The van der Waals surface area contributed by atoms with Crippen LogP contribution < -0.4 is 10.6 Å². The van der Waals surface area contributed by atoms with Gasteiger partial charge in [0.2, 0.25) is 0 Å². The molecule has 2 aliphatic rings. The number of aliphatic imine (C=N–C) groups is 1. The van der Waals surface area contributed by atoms with Crippen LogP contribution >= 0.6 is 0 Å². The van der Waals surface area contributed by atoms with Gasteiger partial charge in [-0.25, -0.2) is 4.99 Å². The van der Waals surface area contributed by atoms with Crippen molar-refractivity contribution in [2.45, 2.75) is 58.5 Å². The molecule has 2 saturated heterocycles. The third kappa shape index (κ3) is 7.25. The molecular weight excluding hydrogens is 376 g/mol. The second-order valence-electron chi connectivity index (χ2n) is 8.84. The van der Waals surface area contributed by atoms with Crippen molar-refractivity contribution in [1.29, 1.82) is 0 Å². The average Bonchev–Trinajstić information content (AvgIpc) is 3.06. The summed E-state index contributed by atoms with van der Waals surface area (Å²) in [6.07, 6.45) is 7.14. The summed E-state index contributed by atoms with van der Waals surface area (Å²) in [5.41, 5.74) is 2.64. The topological polar surface area (TPSA) is 69.1 Å². The van der Waals surface area contributed by atoms with E-state index in [2.05, 4.69) is 46.7 Å². The lowest BCUT2D eigenvalue weighted by molar-refractivity contribution is 0.127. The number of ether oxygens (including phenoxy) is 1. The van der Waals surface area contributed by atoms with Gasteiger partial charge in [0.1, 0.15) is 0 Å². The van der Waals surface area contributed by atoms with Crippen LogP contribution in [0.1, 0.15) is 56.6 Å². The lowest BCUT2D eigenvalue weighted by Gasteiger charge is -2.27. The number of aliphatic hydroxyl groups excluding tert-OH is 1. The molecule has 1 aromatic carbocycles. The Morgan fingerprint density at radius 2 is 1.97 bits per heavy atom. The molecule has 2 heterocycles. The molecule has 0 aliphatic carbocycles. The quantitative estimate of drug-likeness (QED) is 0.427. The summed E-state index contributed by atoms with van der Waals surface area (Å²) < 4.78 is 5.60. The Kier molecular flexibility index (Phi) is 9.43. The summed E-state index contributed by atoms with van der Waals surface area (Å²) in [4.78, 5) is 7.40. The van der Waals surface area contributed by atoms with Gasteiger partial charge in [-0.2, -0.15) is 0 Å². The van der Waals surface area contributed by atoms with Crippen LogP contribution in [0.3, 0.4) is 0 Å². The summed E-state index contributed by atoms with van der Waals surface area (Å²) in [6.45, 7) is 9.50. The van der Waals surface area contributed by atoms with Crippen molar-refractivity contribution in [2.75, 3.05) is 46.0 Å². The van der Waals surface area contributed by atoms with E-state index in [0.29, 0.717) is 13.2 Å². The molecule has 6 heteroatoms. The summed E-state index contributed by atoms with van der Waals surface area (Å²) >= 11 is 0. The van der Waals surface area contributed by atoms with Crippen molar-refractivity contribution in [3.63, 3.8) is 0 Å². The van der Waals surface area contributed by atoms with Gasteiger partial charge in [-0.15, -0.1) is 0 Å². The van der Waals surface area contributed by atoms with Gasteiger partial charge in [0.15, 0.2) is 5.96 Å². The molecule has 1 aromatic rings. The lowest BCUT2D eigenvalue weighted by Crippen LogP contribution is -2.44. The minimum absolute atomic E-state index is 0.0119. The molecule has 30 heavy (non-hydrogen) atoms. The first kappa shape index (κ1) is 23.0. The monoisotopic (exact) mass is 416 g/mol. The summed E-state index contributed by atoms with van der Waals surface area (Å²) in [7, 11) is 0. The molecule has 2 fully saturated rings. The molecule has 0 radical (unpaired) electrons. The maximum absolute atomic E-state index is 9.44. The van der Waals surface area contributed by atoms with E-state index in [9.17, 15) is 5.11 Å². The Balaban J connectivity index is 1.57. The number of nitrogens with zero attached hydrogens (tertiary/aromatic N) is 2. The Bertz CT molecular complexity index is 650. The van der Waals surface area contributed by atoms with Gasteiger partial charge in [-0.3, -0.25) is 4.90 Å². The summed E-state index contributed by atoms with van der Waals surface area (Å²) in [5, 5.41) is 16.3. The third-order valence-electron chi connectivity index (χ3n) is 6.32. The summed E-state index contributed by atoms with van der Waals surface area (Å²) in [6, 6.07) is 8.86. The second kappa shape index (κ2) is 12.3. The van der Waals surface area contributed by atoms with E-state index < -0.39 is 0 Å². The Morgan fingerprint density at radius 3 is 2.67 bits per heavy atom. The van der Waals surface area contributed by atoms with E-state index in [0.717, 1.165) is 45.0 Å². The molecule has 1 atom stereocenters. The number of likely N-dealkylation sites (tertiary alicyclic amines) is 1. The predicted octanol–water partition coefficient (Wildman–Crippen LogP) is 2.91. The highest BCUT2D eigenvalue weighted by Crippen LogP contribution is 2.31. The zero-order valence-corrected chi connectivity index (χ0v) is 18.7.